The number of benzene rings is 2. The molecule has 0 saturated heterocycles. The number of hydrogen-bond acceptors (Lipinski definition) is 4. The Morgan fingerprint density at radius 2 is 1.92 bits per heavy atom. The second kappa shape index (κ2) is 8.94. The molecule has 3 N–H and O–H groups in total. The van der Waals surface area contributed by atoms with Crippen LogP contribution in [0.5, 0.6) is 11.5 Å². The lowest BCUT2D eigenvalue weighted by molar-refractivity contribution is -0.121. The smallest absolute Gasteiger partial charge is 0.255 e. The van der Waals surface area contributed by atoms with Gasteiger partial charge in [0.1, 0.15) is 0 Å². The molecule has 0 aliphatic rings. The summed E-state index contributed by atoms with van der Waals surface area (Å²) in [5.41, 5.74) is 6.74. The third kappa shape index (κ3) is 6.00. The SMILES string of the molecule is COc1cc(CNC(=O)Cc2cccc(Cl)c2)ccc1OCC(N)=O. The van der Waals surface area contributed by atoms with E-state index in [0.717, 1.165) is 11.1 Å². The van der Waals surface area contributed by atoms with Crippen LogP contribution in [-0.2, 0) is 22.6 Å². The fourth-order valence-electron chi connectivity index (χ4n) is 2.19. The Balaban J connectivity index is 1.93. The van der Waals surface area contributed by atoms with Crippen LogP contribution < -0.4 is 20.5 Å². The minimum Gasteiger partial charge on any atom is -0.493 e. The molecule has 25 heavy (non-hydrogen) atoms. The monoisotopic (exact) mass is 362 g/mol. The molecule has 132 valence electrons. The number of primary amides is 1. The van der Waals surface area contributed by atoms with Gasteiger partial charge in [-0.2, -0.15) is 0 Å². The molecule has 0 heterocycles. The summed E-state index contributed by atoms with van der Waals surface area (Å²) in [6.07, 6.45) is 0.248. The van der Waals surface area contributed by atoms with Crippen molar-refractivity contribution in [3.05, 3.63) is 58.6 Å². The molecule has 0 radical (unpaired) electrons. The summed E-state index contributed by atoms with van der Waals surface area (Å²) in [7, 11) is 1.49. The predicted molar refractivity (Wildman–Crippen MR) is 94.7 cm³/mol. The molecule has 7 heteroatoms. The highest BCUT2D eigenvalue weighted by molar-refractivity contribution is 6.30. The van der Waals surface area contributed by atoms with Crippen LogP contribution in [0.4, 0.5) is 0 Å². The van der Waals surface area contributed by atoms with Gasteiger partial charge in [0, 0.05) is 11.6 Å². The molecule has 0 spiro atoms. The minimum atomic E-state index is -0.570. The lowest BCUT2D eigenvalue weighted by Crippen LogP contribution is -2.24. The van der Waals surface area contributed by atoms with Gasteiger partial charge in [-0.25, -0.2) is 0 Å². The van der Waals surface area contributed by atoms with Crippen LogP contribution in [0.15, 0.2) is 42.5 Å². The van der Waals surface area contributed by atoms with E-state index in [0.29, 0.717) is 23.1 Å². The lowest BCUT2D eigenvalue weighted by Gasteiger charge is -2.12. The van der Waals surface area contributed by atoms with E-state index in [1.807, 2.05) is 6.07 Å². The molecule has 0 bridgehead atoms. The predicted octanol–water partition coefficient (Wildman–Crippen LogP) is 2.07. The van der Waals surface area contributed by atoms with Crippen molar-refractivity contribution < 1.29 is 19.1 Å². The molecule has 0 unspecified atom stereocenters. The van der Waals surface area contributed by atoms with Crippen LogP contribution in [0.1, 0.15) is 11.1 Å². The number of ether oxygens (including phenoxy) is 2. The normalized spacial score (nSPS) is 10.2. The van der Waals surface area contributed by atoms with Gasteiger partial charge in [-0.1, -0.05) is 29.8 Å². The van der Waals surface area contributed by atoms with Crippen molar-refractivity contribution >= 4 is 23.4 Å². The highest BCUT2D eigenvalue weighted by Gasteiger charge is 2.09. The first-order valence-electron chi connectivity index (χ1n) is 7.57. The van der Waals surface area contributed by atoms with Gasteiger partial charge >= 0.3 is 0 Å². The number of carbonyl (C=O) groups is 2. The van der Waals surface area contributed by atoms with Crippen molar-refractivity contribution in [1.82, 2.24) is 5.32 Å². The molecule has 2 aromatic carbocycles. The minimum absolute atomic E-state index is 0.115. The first kappa shape index (κ1) is 18.6. The first-order valence-corrected chi connectivity index (χ1v) is 7.95. The number of amides is 2. The number of carbonyl (C=O) groups excluding carboxylic acids is 2. The van der Waals surface area contributed by atoms with E-state index >= 15 is 0 Å². The zero-order valence-corrected chi connectivity index (χ0v) is 14.5. The molecule has 6 nitrogen and oxygen atoms in total. The van der Waals surface area contributed by atoms with E-state index in [-0.39, 0.29) is 18.9 Å². The van der Waals surface area contributed by atoms with Crippen molar-refractivity contribution in [2.24, 2.45) is 5.73 Å². The van der Waals surface area contributed by atoms with Gasteiger partial charge in [0.25, 0.3) is 5.91 Å². The summed E-state index contributed by atoms with van der Waals surface area (Å²) >= 11 is 5.91. The molecule has 0 aliphatic heterocycles. The highest BCUT2D eigenvalue weighted by atomic mass is 35.5. The number of hydrogen-bond donors (Lipinski definition) is 2. The average Bonchev–Trinajstić information content (AvgIpc) is 2.58. The number of nitrogens with two attached hydrogens (primary N) is 1. The van der Waals surface area contributed by atoms with Gasteiger partial charge in [0.15, 0.2) is 18.1 Å². The lowest BCUT2D eigenvalue weighted by atomic mass is 10.1. The molecule has 2 amide bonds. The van der Waals surface area contributed by atoms with E-state index in [9.17, 15) is 9.59 Å². The standard InChI is InChI=1S/C18H19ClN2O4/c1-24-16-8-13(5-6-15(16)25-11-17(20)22)10-21-18(23)9-12-3-2-4-14(19)7-12/h2-8H,9-11H2,1H3,(H2,20,22)(H,21,23). The van der Waals surface area contributed by atoms with Crippen LogP contribution in [-0.4, -0.2) is 25.5 Å². The summed E-state index contributed by atoms with van der Waals surface area (Å²) in [6.45, 7) is 0.109. The zero-order chi connectivity index (χ0) is 18.2. The summed E-state index contributed by atoms with van der Waals surface area (Å²) < 4.78 is 10.5. The number of halogens is 1. The van der Waals surface area contributed by atoms with Gasteiger partial charge in [-0.05, 0) is 35.4 Å². The van der Waals surface area contributed by atoms with E-state index in [1.165, 1.54) is 7.11 Å². The Kier molecular flexibility index (Phi) is 6.65. The average molecular weight is 363 g/mol. The topological polar surface area (TPSA) is 90.7 Å². The van der Waals surface area contributed by atoms with Crippen molar-refractivity contribution in [3.63, 3.8) is 0 Å². The molecule has 0 atom stereocenters. The summed E-state index contributed by atoms with van der Waals surface area (Å²) in [4.78, 5) is 22.8. The summed E-state index contributed by atoms with van der Waals surface area (Å²) in [5.74, 6) is 0.188. The van der Waals surface area contributed by atoms with E-state index in [1.54, 1.807) is 36.4 Å². The fourth-order valence-corrected chi connectivity index (χ4v) is 2.40. The van der Waals surface area contributed by atoms with E-state index < -0.39 is 5.91 Å². The maximum absolute atomic E-state index is 12.0. The van der Waals surface area contributed by atoms with Gasteiger partial charge in [0.2, 0.25) is 5.91 Å². The van der Waals surface area contributed by atoms with Crippen LogP contribution in [0, 0.1) is 0 Å². The Morgan fingerprint density at radius 3 is 2.60 bits per heavy atom. The van der Waals surface area contributed by atoms with Crippen molar-refractivity contribution in [1.29, 1.82) is 0 Å². The Labute approximate surface area is 150 Å². The van der Waals surface area contributed by atoms with Crippen LogP contribution >= 0.6 is 11.6 Å². The highest BCUT2D eigenvalue weighted by Crippen LogP contribution is 2.28. The van der Waals surface area contributed by atoms with E-state index in [2.05, 4.69) is 5.32 Å². The molecule has 2 rings (SSSR count). The Hall–Kier alpha value is -2.73. The molecular formula is C18H19ClN2O4. The third-order valence-corrected chi connectivity index (χ3v) is 3.58. The molecular weight excluding hydrogens is 344 g/mol. The number of nitrogens with one attached hydrogen (secondary N) is 1. The van der Waals surface area contributed by atoms with Gasteiger partial charge in [-0.3, -0.25) is 9.59 Å². The van der Waals surface area contributed by atoms with Gasteiger partial charge in [0.05, 0.1) is 13.5 Å². The molecule has 0 aromatic heterocycles. The quantitative estimate of drug-likeness (QED) is 0.752. The molecule has 0 fully saturated rings. The first-order chi connectivity index (χ1) is 12.0. The molecule has 0 saturated carbocycles. The number of methoxy groups -OCH3 is 1. The molecule has 2 aromatic rings. The zero-order valence-electron chi connectivity index (χ0n) is 13.8. The number of rotatable bonds is 8. The molecule has 0 aliphatic carbocycles. The van der Waals surface area contributed by atoms with Crippen LogP contribution in [0.3, 0.4) is 0 Å². The second-order valence-electron chi connectivity index (χ2n) is 5.32. The second-order valence-corrected chi connectivity index (χ2v) is 5.76. The maximum atomic E-state index is 12.0. The summed E-state index contributed by atoms with van der Waals surface area (Å²) in [6, 6.07) is 12.3. The van der Waals surface area contributed by atoms with E-state index in [4.69, 9.17) is 26.8 Å². The van der Waals surface area contributed by atoms with Crippen molar-refractivity contribution in [2.75, 3.05) is 13.7 Å². The Bertz CT molecular complexity index is 764. The summed E-state index contributed by atoms with van der Waals surface area (Å²) in [5, 5.41) is 3.43. The van der Waals surface area contributed by atoms with Gasteiger partial charge in [-0.15, -0.1) is 0 Å². The van der Waals surface area contributed by atoms with Crippen LogP contribution in [0.25, 0.3) is 0 Å². The van der Waals surface area contributed by atoms with Crippen molar-refractivity contribution in [2.45, 2.75) is 13.0 Å². The van der Waals surface area contributed by atoms with Gasteiger partial charge < -0.3 is 20.5 Å². The fraction of sp³-hybridized carbons (Fsp3) is 0.222. The van der Waals surface area contributed by atoms with Crippen LogP contribution in [0.2, 0.25) is 5.02 Å². The van der Waals surface area contributed by atoms with Crippen molar-refractivity contribution in [3.8, 4) is 11.5 Å². The third-order valence-electron chi connectivity index (χ3n) is 3.34. The largest absolute Gasteiger partial charge is 0.493 e. The Morgan fingerprint density at radius 1 is 1.12 bits per heavy atom. The maximum Gasteiger partial charge on any atom is 0.255 e.